The van der Waals surface area contributed by atoms with E-state index in [1.54, 1.807) is 18.2 Å². The second-order valence-corrected chi connectivity index (χ2v) is 5.22. The number of amides is 1. The van der Waals surface area contributed by atoms with Crippen LogP contribution in [-0.4, -0.2) is 35.7 Å². The summed E-state index contributed by atoms with van der Waals surface area (Å²) < 4.78 is 5.37. The molecule has 0 aromatic heterocycles. The average molecular weight is 329 g/mol. The smallest absolute Gasteiger partial charge is 0.221 e. The molecule has 0 atom stereocenters. The number of ether oxygens (including phenoxy) is 1. The summed E-state index contributed by atoms with van der Waals surface area (Å²) in [5.41, 5.74) is 8.43. The van der Waals surface area contributed by atoms with Crippen molar-refractivity contribution in [2.45, 2.75) is 13.8 Å². The number of aliphatic imine (C=N–C) groups is 1. The summed E-state index contributed by atoms with van der Waals surface area (Å²) in [6, 6.07) is 5.27. The number of aryl methyl sites for hydroxylation is 1. The number of aliphatic hydroxyl groups excluding tert-OH is 1. The molecule has 1 aliphatic rings. The van der Waals surface area contributed by atoms with Crippen LogP contribution in [0.3, 0.4) is 0 Å². The molecular formula is C17H19N3O4. The normalized spacial score (nSPS) is 15.8. The van der Waals surface area contributed by atoms with Crippen molar-refractivity contribution >= 4 is 28.8 Å². The summed E-state index contributed by atoms with van der Waals surface area (Å²) in [6.45, 7) is 3.01. The fraction of sp³-hybridized carbons (Fsp3) is 0.235. The maximum atomic E-state index is 12.0. The van der Waals surface area contributed by atoms with Crippen molar-refractivity contribution < 1.29 is 19.4 Å². The van der Waals surface area contributed by atoms with E-state index in [4.69, 9.17) is 15.6 Å². The molecule has 0 heterocycles. The van der Waals surface area contributed by atoms with Gasteiger partial charge >= 0.3 is 0 Å². The molecule has 0 bridgehead atoms. The maximum Gasteiger partial charge on any atom is 0.221 e. The lowest BCUT2D eigenvalue weighted by atomic mass is 10.1. The number of nitrogen functional groups attached to an aromatic ring is 1. The van der Waals surface area contributed by atoms with Crippen LogP contribution >= 0.6 is 0 Å². The Morgan fingerprint density at radius 3 is 2.75 bits per heavy atom. The molecule has 7 nitrogen and oxygen atoms in total. The summed E-state index contributed by atoms with van der Waals surface area (Å²) in [4.78, 5) is 27.7. The number of nitrogens with two attached hydrogens (primary N) is 1. The molecule has 0 saturated heterocycles. The first-order valence-corrected chi connectivity index (χ1v) is 7.35. The highest BCUT2D eigenvalue weighted by atomic mass is 16.5. The second kappa shape index (κ2) is 7.56. The van der Waals surface area contributed by atoms with Gasteiger partial charge in [-0.3, -0.25) is 9.59 Å². The van der Waals surface area contributed by atoms with Crippen molar-refractivity contribution in [2.24, 2.45) is 4.99 Å². The Morgan fingerprint density at radius 2 is 2.12 bits per heavy atom. The number of hydrogen-bond donors (Lipinski definition) is 3. The number of hydrogen-bond acceptors (Lipinski definition) is 6. The van der Waals surface area contributed by atoms with E-state index in [-0.39, 0.29) is 30.6 Å². The highest BCUT2D eigenvalue weighted by Crippen LogP contribution is 2.22. The van der Waals surface area contributed by atoms with Gasteiger partial charge in [0.2, 0.25) is 11.7 Å². The highest BCUT2D eigenvalue weighted by Gasteiger charge is 2.21. The summed E-state index contributed by atoms with van der Waals surface area (Å²) in [5, 5.41) is 11.4. The first-order chi connectivity index (χ1) is 11.4. The van der Waals surface area contributed by atoms with E-state index in [1.807, 2.05) is 6.92 Å². The van der Waals surface area contributed by atoms with Crippen LogP contribution < -0.4 is 11.1 Å². The molecule has 0 fully saturated rings. The number of allylic oxidation sites excluding steroid dienone is 2. The lowest BCUT2D eigenvalue weighted by Gasteiger charge is -2.16. The van der Waals surface area contributed by atoms with Gasteiger partial charge in [0, 0.05) is 18.7 Å². The fourth-order valence-corrected chi connectivity index (χ4v) is 2.06. The van der Waals surface area contributed by atoms with Gasteiger partial charge in [-0.25, -0.2) is 4.99 Å². The lowest BCUT2D eigenvalue weighted by molar-refractivity contribution is -0.120. The van der Waals surface area contributed by atoms with Crippen molar-refractivity contribution in [3.63, 3.8) is 0 Å². The largest absolute Gasteiger partial charge is 0.489 e. The maximum absolute atomic E-state index is 12.0. The number of rotatable bonds is 5. The van der Waals surface area contributed by atoms with Gasteiger partial charge in [-0.1, -0.05) is 0 Å². The molecule has 24 heavy (non-hydrogen) atoms. The van der Waals surface area contributed by atoms with Crippen molar-refractivity contribution in [3.8, 4) is 0 Å². The van der Waals surface area contributed by atoms with Gasteiger partial charge in [-0.05, 0) is 36.8 Å². The average Bonchev–Trinajstić information content (AvgIpc) is 2.52. The summed E-state index contributed by atoms with van der Waals surface area (Å²) in [5.74, 6) is -0.520. The van der Waals surface area contributed by atoms with Crippen molar-refractivity contribution in [3.05, 3.63) is 47.4 Å². The monoisotopic (exact) mass is 329 g/mol. The molecule has 1 aromatic rings. The van der Waals surface area contributed by atoms with E-state index in [0.29, 0.717) is 17.1 Å². The van der Waals surface area contributed by atoms with Gasteiger partial charge < -0.3 is 20.9 Å². The van der Waals surface area contributed by atoms with E-state index in [9.17, 15) is 9.59 Å². The molecular weight excluding hydrogens is 310 g/mol. The van der Waals surface area contributed by atoms with Gasteiger partial charge in [0.25, 0.3) is 0 Å². The van der Waals surface area contributed by atoms with Crippen LogP contribution in [0, 0.1) is 6.92 Å². The summed E-state index contributed by atoms with van der Waals surface area (Å²) >= 11 is 0. The number of nitrogens with one attached hydrogen (secondary N) is 1. The van der Waals surface area contributed by atoms with Gasteiger partial charge in [-0.2, -0.15) is 0 Å². The van der Waals surface area contributed by atoms with E-state index in [0.717, 1.165) is 5.56 Å². The number of carbonyl (C=O) groups excluding carboxylic acids is 2. The molecule has 0 radical (unpaired) electrons. The number of aliphatic hydroxyl groups is 1. The Balaban J connectivity index is 2.41. The van der Waals surface area contributed by atoms with E-state index in [2.05, 4.69) is 10.3 Å². The van der Waals surface area contributed by atoms with Crippen LogP contribution in [0.2, 0.25) is 0 Å². The summed E-state index contributed by atoms with van der Waals surface area (Å²) in [6.07, 6.45) is 2.69. The topological polar surface area (TPSA) is 114 Å². The number of ketones is 1. The molecule has 126 valence electrons. The first-order valence-electron chi connectivity index (χ1n) is 7.35. The summed E-state index contributed by atoms with van der Waals surface area (Å²) in [7, 11) is 0. The van der Waals surface area contributed by atoms with Crippen LogP contribution in [0.1, 0.15) is 12.5 Å². The van der Waals surface area contributed by atoms with Crippen LogP contribution in [0.5, 0.6) is 0 Å². The third-order valence-corrected chi connectivity index (χ3v) is 3.22. The Morgan fingerprint density at radius 1 is 1.38 bits per heavy atom. The Hall–Kier alpha value is -2.93. The first kappa shape index (κ1) is 17.4. The van der Waals surface area contributed by atoms with Crippen LogP contribution in [0.15, 0.2) is 46.8 Å². The number of carbonyl (C=O) groups is 2. The number of benzene rings is 1. The van der Waals surface area contributed by atoms with Gasteiger partial charge in [0.15, 0.2) is 0 Å². The minimum absolute atomic E-state index is 0.0300. The SMILES string of the molecule is CC(=O)NC1=CC(=Nc2ccc(N)c(C)c2)C(OCCO)=CC1=O. The standard InChI is InChI=1S/C17H19N3O4/c1-10-7-12(3-4-13(10)18)20-15-8-14(19-11(2)22)16(23)9-17(15)24-6-5-21/h3-4,7-9,21H,5-6,18H2,1-2H3,(H,19,22). The molecule has 2 rings (SSSR count). The Labute approximate surface area is 139 Å². The molecule has 1 aliphatic carbocycles. The molecule has 0 spiro atoms. The quantitative estimate of drug-likeness (QED) is 0.554. The Kier molecular flexibility index (Phi) is 5.49. The molecule has 0 aliphatic heterocycles. The third kappa shape index (κ3) is 4.30. The fourth-order valence-electron chi connectivity index (χ4n) is 2.06. The molecule has 7 heteroatoms. The predicted molar refractivity (Wildman–Crippen MR) is 90.7 cm³/mol. The van der Waals surface area contributed by atoms with Crippen LogP contribution in [0.25, 0.3) is 0 Å². The minimum atomic E-state index is -0.398. The van der Waals surface area contributed by atoms with E-state index < -0.39 is 5.78 Å². The lowest BCUT2D eigenvalue weighted by Crippen LogP contribution is -2.28. The van der Waals surface area contributed by atoms with Gasteiger partial charge in [0.05, 0.1) is 18.0 Å². The van der Waals surface area contributed by atoms with Crippen molar-refractivity contribution in [1.29, 1.82) is 0 Å². The van der Waals surface area contributed by atoms with Crippen molar-refractivity contribution in [2.75, 3.05) is 18.9 Å². The molecule has 0 unspecified atom stereocenters. The predicted octanol–water partition coefficient (Wildman–Crippen LogP) is 1.15. The zero-order valence-electron chi connectivity index (χ0n) is 13.5. The number of nitrogens with zero attached hydrogens (tertiary/aromatic N) is 1. The van der Waals surface area contributed by atoms with Crippen molar-refractivity contribution in [1.82, 2.24) is 5.32 Å². The van der Waals surface area contributed by atoms with E-state index >= 15 is 0 Å². The Bertz CT molecular complexity index is 763. The van der Waals surface area contributed by atoms with Gasteiger partial charge in [0.1, 0.15) is 18.1 Å². The molecule has 4 N–H and O–H groups in total. The zero-order valence-corrected chi connectivity index (χ0v) is 13.5. The van der Waals surface area contributed by atoms with Crippen LogP contribution in [-0.2, 0) is 14.3 Å². The molecule has 0 saturated carbocycles. The minimum Gasteiger partial charge on any atom is -0.489 e. The number of anilines is 1. The second-order valence-electron chi connectivity index (χ2n) is 5.22. The van der Waals surface area contributed by atoms with Gasteiger partial charge in [-0.15, -0.1) is 0 Å². The molecule has 1 amide bonds. The molecule has 1 aromatic carbocycles. The van der Waals surface area contributed by atoms with E-state index in [1.165, 1.54) is 19.1 Å². The third-order valence-electron chi connectivity index (χ3n) is 3.22. The zero-order chi connectivity index (χ0) is 17.7. The van der Waals surface area contributed by atoms with Crippen LogP contribution in [0.4, 0.5) is 11.4 Å². The highest BCUT2D eigenvalue weighted by molar-refractivity contribution is 6.22.